The van der Waals surface area contributed by atoms with Crippen LogP contribution in [0.2, 0.25) is 0 Å². The van der Waals surface area contributed by atoms with Crippen LogP contribution in [0.15, 0.2) is 36.7 Å². The monoisotopic (exact) mass is 287 g/mol. The van der Waals surface area contributed by atoms with Crippen LogP contribution in [-0.4, -0.2) is 25.7 Å². The first-order chi connectivity index (χ1) is 10.2. The Morgan fingerprint density at radius 1 is 1.19 bits per heavy atom. The van der Waals surface area contributed by atoms with Crippen molar-refractivity contribution in [3.63, 3.8) is 0 Å². The molecule has 1 aromatic heterocycles. The molecule has 0 spiro atoms. The molecule has 0 radical (unpaired) electrons. The smallest absolute Gasteiger partial charge is 0.161 e. The van der Waals surface area contributed by atoms with E-state index in [1.54, 1.807) is 32.7 Å². The minimum Gasteiger partial charge on any atom is -0.493 e. The van der Waals surface area contributed by atoms with Gasteiger partial charge in [-0.05, 0) is 30.3 Å². The lowest BCUT2D eigenvalue weighted by atomic mass is 9.98. The third-order valence-electron chi connectivity index (χ3n) is 3.35. The summed E-state index contributed by atoms with van der Waals surface area (Å²) in [7, 11) is 3.25. The molecule has 0 bridgehead atoms. The van der Waals surface area contributed by atoms with Gasteiger partial charge < -0.3 is 20.5 Å². The van der Waals surface area contributed by atoms with E-state index in [9.17, 15) is 0 Å². The number of methoxy groups -OCH3 is 2. The zero-order valence-electron chi connectivity index (χ0n) is 12.6. The normalized spacial score (nSPS) is 12.0. The van der Waals surface area contributed by atoms with E-state index < -0.39 is 0 Å². The molecule has 0 saturated heterocycles. The van der Waals surface area contributed by atoms with Crippen LogP contribution in [0.1, 0.15) is 24.1 Å². The van der Waals surface area contributed by atoms with Crippen LogP contribution in [0.5, 0.6) is 11.5 Å². The van der Waals surface area contributed by atoms with Crippen molar-refractivity contribution >= 4 is 5.69 Å². The van der Waals surface area contributed by atoms with E-state index in [1.807, 2.05) is 18.2 Å². The van der Waals surface area contributed by atoms with E-state index in [1.165, 1.54) is 0 Å². The van der Waals surface area contributed by atoms with Crippen molar-refractivity contribution in [2.45, 2.75) is 13.0 Å². The van der Waals surface area contributed by atoms with Gasteiger partial charge in [0, 0.05) is 23.6 Å². The predicted molar refractivity (Wildman–Crippen MR) is 83.7 cm³/mol. The van der Waals surface area contributed by atoms with Gasteiger partial charge in [-0.1, -0.05) is 13.0 Å². The molecule has 2 aromatic rings. The summed E-state index contributed by atoms with van der Waals surface area (Å²) in [5.74, 6) is 1.40. The summed E-state index contributed by atoms with van der Waals surface area (Å²) in [4.78, 5) is 4.17. The molecular weight excluding hydrogens is 266 g/mol. The Balaban J connectivity index is 2.46. The van der Waals surface area contributed by atoms with Gasteiger partial charge in [0.05, 0.1) is 20.3 Å². The zero-order chi connectivity index (χ0) is 15.2. The fraction of sp³-hybridized carbons (Fsp3) is 0.312. The van der Waals surface area contributed by atoms with Gasteiger partial charge in [0.2, 0.25) is 0 Å². The highest BCUT2D eigenvalue weighted by Gasteiger charge is 2.17. The van der Waals surface area contributed by atoms with Crippen molar-refractivity contribution in [3.05, 3.63) is 47.8 Å². The summed E-state index contributed by atoms with van der Waals surface area (Å²) in [6, 6.07) is 7.62. The van der Waals surface area contributed by atoms with Crippen LogP contribution < -0.4 is 20.5 Å². The van der Waals surface area contributed by atoms with Gasteiger partial charge in [-0.15, -0.1) is 0 Å². The van der Waals surface area contributed by atoms with Crippen LogP contribution in [-0.2, 0) is 0 Å². The number of pyridine rings is 1. The molecule has 1 heterocycles. The number of hydrogen-bond donors (Lipinski definition) is 2. The fourth-order valence-corrected chi connectivity index (χ4v) is 2.30. The second kappa shape index (κ2) is 6.95. The van der Waals surface area contributed by atoms with E-state index in [0.717, 1.165) is 17.7 Å². The molecule has 1 aromatic carbocycles. The molecule has 0 aliphatic heterocycles. The van der Waals surface area contributed by atoms with Crippen molar-refractivity contribution in [3.8, 4) is 11.5 Å². The molecule has 112 valence electrons. The van der Waals surface area contributed by atoms with Crippen LogP contribution in [0, 0.1) is 0 Å². The lowest BCUT2D eigenvalue weighted by Gasteiger charge is -2.21. The van der Waals surface area contributed by atoms with Gasteiger partial charge in [-0.2, -0.15) is 0 Å². The number of ether oxygens (including phenoxy) is 2. The second-order valence-corrected chi connectivity index (χ2v) is 4.61. The quantitative estimate of drug-likeness (QED) is 0.853. The third-order valence-corrected chi connectivity index (χ3v) is 3.35. The molecule has 0 fully saturated rings. The van der Waals surface area contributed by atoms with E-state index in [4.69, 9.17) is 15.2 Å². The number of aromatic nitrogens is 1. The number of anilines is 1. The third kappa shape index (κ3) is 3.25. The highest BCUT2D eigenvalue weighted by molar-refractivity contribution is 5.52. The van der Waals surface area contributed by atoms with E-state index in [-0.39, 0.29) is 6.04 Å². The van der Waals surface area contributed by atoms with Crippen molar-refractivity contribution in [2.75, 3.05) is 26.5 Å². The van der Waals surface area contributed by atoms with E-state index in [0.29, 0.717) is 17.2 Å². The van der Waals surface area contributed by atoms with E-state index in [2.05, 4.69) is 17.2 Å². The van der Waals surface area contributed by atoms with E-state index >= 15 is 0 Å². The fourth-order valence-electron chi connectivity index (χ4n) is 2.30. The SMILES string of the molecule is CCNC(c1ccc(OC)c(OC)c1)c1cnccc1N. The molecule has 1 unspecified atom stereocenters. The zero-order valence-corrected chi connectivity index (χ0v) is 12.6. The molecule has 0 saturated carbocycles. The Labute approximate surface area is 125 Å². The summed E-state index contributed by atoms with van der Waals surface area (Å²) in [5, 5.41) is 3.43. The highest BCUT2D eigenvalue weighted by atomic mass is 16.5. The van der Waals surface area contributed by atoms with Gasteiger partial charge >= 0.3 is 0 Å². The van der Waals surface area contributed by atoms with Gasteiger partial charge in [-0.3, -0.25) is 4.98 Å². The van der Waals surface area contributed by atoms with Crippen molar-refractivity contribution < 1.29 is 9.47 Å². The highest BCUT2D eigenvalue weighted by Crippen LogP contribution is 2.33. The van der Waals surface area contributed by atoms with Gasteiger partial charge in [0.1, 0.15) is 0 Å². The first-order valence-electron chi connectivity index (χ1n) is 6.86. The molecule has 21 heavy (non-hydrogen) atoms. The van der Waals surface area contributed by atoms with Crippen molar-refractivity contribution in [1.82, 2.24) is 10.3 Å². The van der Waals surface area contributed by atoms with Crippen molar-refractivity contribution in [2.24, 2.45) is 0 Å². The summed E-state index contributed by atoms with van der Waals surface area (Å²) >= 11 is 0. The van der Waals surface area contributed by atoms with Crippen LogP contribution in [0.25, 0.3) is 0 Å². The van der Waals surface area contributed by atoms with Gasteiger partial charge in [-0.25, -0.2) is 0 Å². The number of rotatable bonds is 6. The molecule has 0 aliphatic rings. The molecule has 0 amide bonds. The maximum absolute atomic E-state index is 6.08. The summed E-state index contributed by atoms with van der Waals surface area (Å²) in [6.45, 7) is 2.87. The molecule has 5 heteroatoms. The average Bonchev–Trinajstić information content (AvgIpc) is 2.53. The number of benzene rings is 1. The molecule has 1 atom stereocenters. The predicted octanol–water partition coefficient (Wildman–Crippen LogP) is 2.38. The summed E-state index contributed by atoms with van der Waals surface area (Å²) < 4.78 is 10.6. The van der Waals surface area contributed by atoms with Crippen LogP contribution >= 0.6 is 0 Å². The van der Waals surface area contributed by atoms with Gasteiger partial charge in [0.25, 0.3) is 0 Å². The average molecular weight is 287 g/mol. The Hall–Kier alpha value is -2.27. The topological polar surface area (TPSA) is 69.4 Å². The first kappa shape index (κ1) is 15.1. The molecule has 3 N–H and O–H groups in total. The Kier molecular flexibility index (Phi) is 5.00. The Morgan fingerprint density at radius 3 is 2.57 bits per heavy atom. The number of hydrogen-bond acceptors (Lipinski definition) is 5. The molecule has 5 nitrogen and oxygen atoms in total. The first-order valence-corrected chi connectivity index (χ1v) is 6.86. The maximum Gasteiger partial charge on any atom is 0.161 e. The van der Waals surface area contributed by atoms with Crippen LogP contribution in [0.4, 0.5) is 5.69 Å². The minimum atomic E-state index is -0.0384. The lowest BCUT2D eigenvalue weighted by molar-refractivity contribution is 0.354. The number of nitrogens with one attached hydrogen (secondary N) is 1. The minimum absolute atomic E-state index is 0.0384. The van der Waals surface area contributed by atoms with Crippen molar-refractivity contribution in [1.29, 1.82) is 0 Å². The van der Waals surface area contributed by atoms with Gasteiger partial charge in [0.15, 0.2) is 11.5 Å². The number of nitrogens with zero attached hydrogens (tertiary/aromatic N) is 1. The largest absolute Gasteiger partial charge is 0.493 e. The lowest BCUT2D eigenvalue weighted by Crippen LogP contribution is -2.23. The van der Waals surface area contributed by atoms with Crippen LogP contribution in [0.3, 0.4) is 0 Å². The Bertz CT molecular complexity index is 602. The summed E-state index contributed by atoms with van der Waals surface area (Å²) in [6.07, 6.45) is 3.48. The maximum atomic E-state index is 6.08. The second-order valence-electron chi connectivity index (χ2n) is 4.61. The molecular formula is C16H21N3O2. The number of nitrogens with two attached hydrogens (primary N) is 1. The molecule has 0 aliphatic carbocycles. The number of nitrogen functional groups attached to an aromatic ring is 1. The Morgan fingerprint density at radius 2 is 1.95 bits per heavy atom. The standard InChI is InChI=1S/C16H21N3O2/c1-4-19-16(12-10-18-8-7-13(12)17)11-5-6-14(20-2)15(9-11)21-3/h5-10,16,19H,4H2,1-3H3,(H2,17,18). The molecule has 2 rings (SSSR count). The summed E-state index contributed by atoms with van der Waals surface area (Å²) in [5.41, 5.74) is 8.79.